The minimum atomic E-state index is -0.575. The summed E-state index contributed by atoms with van der Waals surface area (Å²) in [7, 11) is 0. The first-order valence-corrected chi connectivity index (χ1v) is 5.39. The van der Waals surface area contributed by atoms with E-state index in [0.717, 1.165) is 4.47 Å². The largest absolute Gasteiger partial charge is 0.391 e. The smallest absolute Gasteiger partial charge is 0.253 e. The van der Waals surface area contributed by atoms with Gasteiger partial charge in [-0.2, -0.15) is 0 Å². The van der Waals surface area contributed by atoms with Crippen LogP contribution >= 0.6 is 15.9 Å². The maximum absolute atomic E-state index is 11.6. The average Bonchev–Trinajstić information content (AvgIpc) is 2.17. The Labute approximate surface area is 96.8 Å². The highest BCUT2D eigenvalue weighted by Gasteiger charge is 2.13. The van der Waals surface area contributed by atoms with Gasteiger partial charge < -0.3 is 10.4 Å². The van der Waals surface area contributed by atoms with Crippen LogP contribution in [0.2, 0.25) is 0 Å². The second-order valence-electron chi connectivity index (χ2n) is 3.39. The molecule has 0 spiro atoms. The lowest BCUT2D eigenvalue weighted by Crippen LogP contribution is -2.39. The Balaban J connectivity index is 2.69. The molecule has 5 heteroatoms. The van der Waals surface area contributed by atoms with Gasteiger partial charge in [-0.25, -0.2) is 0 Å². The topological polar surface area (TPSA) is 62.2 Å². The highest BCUT2D eigenvalue weighted by atomic mass is 79.9. The van der Waals surface area contributed by atoms with E-state index in [-0.39, 0.29) is 11.9 Å². The molecule has 0 aliphatic rings. The number of aliphatic hydroxyl groups excluding tert-OH is 1. The Hall–Kier alpha value is -0.940. The van der Waals surface area contributed by atoms with Gasteiger partial charge in [0.05, 0.1) is 17.7 Å². The average molecular weight is 273 g/mol. The van der Waals surface area contributed by atoms with Crippen LogP contribution in [0.3, 0.4) is 0 Å². The molecular formula is C10H13BrN2O2. The quantitative estimate of drug-likeness (QED) is 0.873. The number of hydrogen-bond donors (Lipinski definition) is 2. The van der Waals surface area contributed by atoms with E-state index in [1.54, 1.807) is 26.1 Å². The van der Waals surface area contributed by atoms with Gasteiger partial charge >= 0.3 is 0 Å². The van der Waals surface area contributed by atoms with Gasteiger partial charge in [0.2, 0.25) is 0 Å². The molecule has 82 valence electrons. The van der Waals surface area contributed by atoms with Crippen molar-refractivity contribution in [1.29, 1.82) is 0 Å². The molecule has 1 aromatic rings. The number of hydrogen-bond acceptors (Lipinski definition) is 3. The molecule has 0 bridgehead atoms. The van der Waals surface area contributed by atoms with Gasteiger partial charge in [0.25, 0.3) is 5.91 Å². The molecule has 1 amide bonds. The van der Waals surface area contributed by atoms with E-state index in [1.165, 1.54) is 6.20 Å². The summed E-state index contributed by atoms with van der Waals surface area (Å²) in [5.74, 6) is -0.239. The second-order valence-corrected chi connectivity index (χ2v) is 4.31. The van der Waals surface area contributed by atoms with E-state index in [2.05, 4.69) is 26.2 Å². The Morgan fingerprint density at radius 2 is 2.20 bits per heavy atom. The lowest BCUT2D eigenvalue weighted by molar-refractivity contribution is 0.0873. The fourth-order valence-corrected chi connectivity index (χ4v) is 1.31. The van der Waals surface area contributed by atoms with E-state index in [4.69, 9.17) is 0 Å². The molecule has 0 fully saturated rings. The lowest BCUT2D eigenvalue weighted by Gasteiger charge is -2.16. The number of carbonyl (C=O) groups is 1. The molecule has 1 aromatic heterocycles. The molecule has 0 saturated carbocycles. The summed E-state index contributed by atoms with van der Waals surface area (Å²) < 4.78 is 0.750. The zero-order valence-electron chi connectivity index (χ0n) is 8.57. The summed E-state index contributed by atoms with van der Waals surface area (Å²) in [6.07, 6.45) is 2.51. The van der Waals surface area contributed by atoms with Crippen LogP contribution in [0.4, 0.5) is 0 Å². The van der Waals surface area contributed by atoms with E-state index in [9.17, 15) is 9.90 Å². The molecule has 0 aromatic carbocycles. The van der Waals surface area contributed by atoms with Crippen LogP contribution < -0.4 is 5.32 Å². The maximum atomic E-state index is 11.6. The third-order valence-corrected chi connectivity index (χ3v) is 2.48. The summed E-state index contributed by atoms with van der Waals surface area (Å²) in [6.45, 7) is 3.37. The van der Waals surface area contributed by atoms with E-state index < -0.39 is 6.10 Å². The van der Waals surface area contributed by atoms with Crippen molar-refractivity contribution in [3.8, 4) is 0 Å². The standard InChI is InChI=1S/C10H13BrN2O2/c1-6(7(2)14)13-10(15)8-3-9(11)5-12-4-8/h3-7,14H,1-2H3,(H,13,15). The van der Waals surface area contributed by atoms with Crippen LogP contribution in [-0.2, 0) is 0 Å². The van der Waals surface area contributed by atoms with Crippen LogP contribution in [0.5, 0.6) is 0 Å². The van der Waals surface area contributed by atoms with E-state index >= 15 is 0 Å². The molecule has 15 heavy (non-hydrogen) atoms. The first-order chi connectivity index (χ1) is 7.00. The molecule has 0 radical (unpaired) electrons. The normalized spacial score (nSPS) is 14.4. The van der Waals surface area contributed by atoms with Gasteiger partial charge in [-0.15, -0.1) is 0 Å². The highest BCUT2D eigenvalue weighted by molar-refractivity contribution is 9.10. The number of nitrogens with zero attached hydrogens (tertiary/aromatic N) is 1. The Kier molecular flexibility index (Phi) is 4.23. The third kappa shape index (κ3) is 3.60. The molecule has 2 N–H and O–H groups in total. The zero-order chi connectivity index (χ0) is 11.4. The summed E-state index contributed by atoms with van der Waals surface area (Å²) in [4.78, 5) is 15.5. The van der Waals surface area contributed by atoms with Gasteiger partial charge in [-0.1, -0.05) is 0 Å². The predicted octanol–water partition coefficient (Wildman–Crippen LogP) is 1.34. The molecule has 1 heterocycles. The number of nitrogens with one attached hydrogen (secondary N) is 1. The van der Waals surface area contributed by atoms with Crippen molar-refractivity contribution in [3.63, 3.8) is 0 Å². The zero-order valence-corrected chi connectivity index (χ0v) is 10.2. The van der Waals surface area contributed by atoms with Crippen LogP contribution in [-0.4, -0.2) is 28.1 Å². The molecule has 2 unspecified atom stereocenters. The van der Waals surface area contributed by atoms with Crippen molar-refractivity contribution in [2.24, 2.45) is 0 Å². The maximum Gasteiger partial charge on any atom is 0.253 e. The summed E-state index contributed by atoms with van der Waals surface area (Å²) in [6, 6.07) is 1.40. The molecule has 0 saturated heterocycles. The molecule has 4 nitrogen and oxygen atoms in total. The van der Waals surface area contributed by atoms with Crippen LogP contribution in [0.1, 0.15) is 24.2 Å². The monoisotopic (exact) mass is 272 g/mol. The van der Waals surface area contributed by atoms with Crippen molar-refractivity contribution in [1.82, 2.24) is 10.3 Å². The van der Waals surface area contributed by atoms with Crippen LogP contribution in [0.25, 0.3) is 0 Å². The molecule has 0 aliphatic heterocycles. The SMILES string of the molecule is CC(O)C(C)NC(=O)c1cncc(Br)c1. The van der Waals surface area contributed by atoms with Crippen LogP contribution in [0, 0.1) is 0 Å². The molecule has 1 rings (SSSR count). The number of rotatable bonds is 3. The van der Waals surface area contributed by atoms with Crippen molar-refractivity contribution in [3.05, 3.63) is 28.5 Å². The first-order valence-electron chi connectivity index (χ1n) is 4.60. The Bertz CT molecular complexity index is 355. The number of aliphatic hydroxyl groups is 1. The van der Waals surface area contributed by atoms with Crippen molar-refractivity contribution in [2.45, 2.75) is 26.0 Å². The number of carbonyl (C=O) groups excluding carboxylic acids is 1. The van der Waals surface area contributed by atoms with Gasteiger partial charge in [0, 0.05) is 16.9 Å². The Morgan fingerprint density at radius 3 is 2.73 bits per heavy atom. The summed E-state index contributed by atoms with van der Waals surface area (Å²) >= 11 is 3.23. The van der Waals surface area contributed by atoms with Gasteiger partial charge in [0.15, 0.2) is 0 Å². The Morgan fingerprint density at radius 1 is 1.53 bits per heavy atom. The number of halogens is 1. The van der Waals surface area contributed by atoms with Crippen LogP contribution in [0.15, 0.2) is 22.9 Å². The first kappa shape index (κ1) is 12.1. The minimum absolute atomic E-state index is 0.239. The number of aromatic nitrogens is 1. The molecule has 0 aliphatic carbocycles. The predicted molar refractivity (Wildman–Crippen MR) is 60.5 cm³/mol. The van der Waals surface area contributed by atoms with Gasteiger partial charge in [0.1, 0.15) is 0 Å². The van der Waals surface area contributed by atoms with Crippen molar-refractivity contribution < 1.29 is 9.90 Å². The fraction of sp³-hybridized carbons (Fsp3) is 0.400. The summed E-state index contributed by atoms with van der Waals surface area (Å²) in [5.41, 5.74) is 0.469. The second kappa shape index (κ2) is 5.23. The van der Waals surface area contributed by atoms with Gasteiger partial charge in [-0.3, -0.25) is 9.78 Å². The lowest BCUT2D eigenvalue weighted by atomic mass is 10.2. The fourth-order valence-electron chi connectivity index (χ4n) is 0.947. The van der Waals surface area contributed by atoms with Crippen molar-refractivity contribution in [2.75, 3.05) is 0 Å². The molecule has 2 atom stereocenters. The third-order valence-electron chi connectivity index (χ3n) is 2.05. The van der Waals surface area contributed by atoms with Gasteiger partial charge in [-0.05, 0) is 35.8 Å². The number of pyridine rings is 1. The highest BCUT2D eigenvalue weighted by Crippen LogP contribution is 2.09. The number of amides is 1. The summed E-state index contributed by atoms with van der Waals surface area (Å²) in [5, 5.41) is 11.9. The van der Waals surface area contributed by atoms with Crippen molar-refractivity contribution >= 4 is 21.8 Å². The molecular weight excluding hydrogens is 260 g/mol. The van der Waals surface area contributed by atoms with E-state index in [0.29, 0.717) is 5.56 Å². The minimum Gasteiger partial charge on any atom is -0.391 e. The van der Waals surface area contributed by atoms with E-state index in [1.807, 2.05) is 0 Å².